The van der Waals surface area contributed by atoms with Crippen molar-refractivity contribution in [1.29, 1.82) is 0 Å². The van der Waals surface area contributed by atoms with E-state index in [1.54, 1.807) is 6.07 Å². The molecule has 2 amide bonds. The van der Waals surface area contributed by atoms with Crippen LogP contribution in [0.4, 0.5) is 5.00 Å². The molecule has 0 spiro atoms. The number of hydrogen-bond acceptors (Lipinski definition) is 4. The smallest absolute Gasteiger partial charge is 0.307 e. The number of allylic oxidation sites excluding steroid dienone is 2. The molecule has 162 valence electrons. The van der Waals surface area contributed by atoms with Gasteiger partial charge in [0.25, 0.3) is 5.91 Å². The standard InChI is InChI=1S/C24H26N2O4S/c1-12(2)18-15-8-9-16(18)20(24(29)30)19(15)22(28)26-23-17(21(25)27)11-14(31-23)10-13-6-4-3-5-7-13/h3-7,11,15-16,19-20H,8-10H2,1-2H3,(H2,25,27)(H,26,28)(H,29,30)/t15-,16+,19-,20-/m1/s1. The number of amides is 2. The molecule has 1 heterocycles. The number of nitrogens with two attached hydrogens (primary N) is 1. The molecule has 4 rings (SSSR count). The van der Waals surface area contributed by atoms with Crippen LogP contribution >= 0.6 is 11.3 Å². The molecule has 0 saturated heterocycles. The lowest BCUT2D eigenvalue weighted by molar-refractivity contribution is -0.148. The molecule has 6 nitrogen and oxygen atoms in total. The highest BCUT2D eigenvalue weighted by Gasteiger charge is 2.57. The van der Waals surface area contributed by atoms with Crippen LogP contribution in [0.5, 0.6) is 0 Å². The molecule has 7 heteroatoms. The third-order valence-electron chi connectivity index (χ3n) is 6.51. The molecule has 2 fully saturated rings. The molecule has 31 heavy (non-hydrogen) atoms. The minimum atomic E-state index is -0.933. The minimum absolute atomic E-state index is 0.0584. The molecular formula is C24H26N2O4S. The zero-order valence-electron chi connectivity index (χ0n) is 17.6. The Kier molecular flexibility index (Phi) is 5.71. The molecule has 0 aliphatic heterocycles. The second-order valence-corrected chi connectivity index (χ2v) is 9.74. The van der Waals surface area contributed by atoms with Crippen LogP contribution in [0.2, 0.25) is 0 Å². The van der Waals surface area contributed by atoms with Crippen LogP contribution in [0, 0.1) is 23.7 Å². The van der Waals surface area contributed by atoms with Crippen molar-refractivity contribution in [2.45, 2.75) is 33.1 Å². The van der Waals surface area contributed by atoms with Gasteiger partial charge in [0.1, 0.15) is 5.00 Å². The van der Waals surface area contributed by atoms with Crippen LogP contribution < -0.4 is 11.1 Å². The van der Waals surface area contributed by atoms with E-state index in [4.69, 9.17) is 5.73 Å². The number of carbonyl (C=O) groups is 3. The van der Waals surface area contributed by atoms with E-state index in [9.17, 15) is 19.5 Å². The molecule has 2 aliphatic carbocycles. The molecule has 2 saturated carbocycles. The first kappa shape index (κ1) is 21.3. The van der Waals surface area contributed by atoms with E-state index >= 15 is 0 Å². The molecule has 1 aromatic heterocycles. The van der Waals surface area contributed by atoms with Gasteiger partial charge < -0.3 is 16.2 Å². The van der Waals surface area contributed by atoms with Crippen molar-refractivity contribution >= 4 is 34.1 Å². The Labute approximate surface area is 185 Å². The van der Waals surface area contributed by atoms with Gasteiger partial charge in [0.05, 0.1) is 17.4 Å². The second kappa shape index (κ2) is 8.30. The Hall–Kier alpha value is -2.93. The molecule has 4 N–H and O–H groups in total. The molecule has 4 atom stereocenters. The lowest BCUT2D eigenvalue weighted by Gasteiger charge is -2.26. The van der Waals surface area contributed by atoms with E-state index < -0.39 is 23.7 Å². The third kappa shape index (κ3) is 3.90. The summed E-state index contributed by atoms with van der Waals surface area (Å²) in [5, 5.41) is 13.1. The monoisotopic (exact) mass is 438 g/mol. The van der Waals surface area contributed by atoms with Crippen molar-refractivity contribution in [2.24, 2.45) is 29.4 Å². The van der Waals surface area contributed by atoms with Crippen molar-refractivity contribution in [3.63, 3.8) is 0 Å². The third-order valence-corrected chi connectivity index (χ3v) is 7.56. The summed E-state index contributed by atoms with van der Waals surface area (Å²) < 4.78 is 0. The highest BCUT2D eigenvalue weighted by atomic mass is 32.1. The largest absolute Gasteiger partial charge is 0.481 e. The Bertz CT molecular complexity index is 1070. The maximum atomic E-state index is 13.3. The summed E-state index contributed by atoms with van der Waals surface area (Å²) in [5.74, 6) is -3.40. The maximum absolute atomic E-state index is 13.3. The average Bonchev–Trinajstić information content (AvgIpc) is 3.40. The predicted octanol–water partition coefficient (Wildman–Crippen LogP) is 4.07. The molecule has 2 bridgehead atoms. The molecule has 2 aromatic rings. The number of carbonyl (C=O) groups excluding carboxylic acids is 2. The van der Waals surface area contributed by atoms with E-state index in [2.05, 4.69) is 5.32 Å². The fourth-order valence-corrected chi connectivity index (χ4v) is 6.50. The molecule has 1 aromatic carbocycles. The summed E-state index contributed by atoms with van der Waals surface area (Å²) in [4.78, 5) is 38.2. The molecule has 0 radical (unpaired) electrons. The van der Waals surface area contributed by atoms with E-state index in [0.29, 0.717) is 11.4 Å². The van der Waals surface area contributed by atoms with Crippen molar-refractivity contribution in [1.82, 2.24) is 0 Å². The van der Waals surface area contributed by atoms with Crippen molar-refractivity contribution in [3.8, 4) is 0 Å². The number of primary amides is 1. The van der Waals surface area contributed by atoms with Gasteiger partial charge in [-0.05, 0) is 50.2 Å². The fourth-order valence-electron chi connectivity index (χ4n) is 5.40. The summed E-state index contributed by atoms with van der Waals surface area (Å²) in [5.41, 5.74) is 9.15. The maximum Gasteiger partial charge on any atom is 0.307 e. The van der Waals surface area contributed by atoms with Gasteiger partial charge in [0, 0.05) is 11.3 Å². The Morgan fingerprint density at radius 3 is 2.32 bits per heavy atom. The summed E-state index contributed by atoms with van der Waals surface area (Å²) in [6, 6.07) is 11.5. The van der Waals surface area contributed by atoms with Crippen LogP contribution in [0.25, 0.3) is 0 Å². The SMILES string of the molecule is CC(C)=C1[C@H]2CC[C@@H]1[C@@H](C(=O)O)[C@@H]2C(=O)Nc1sc(Cc2ccccc2)cc1C(N)=O. The first-order valence-corrected chi connectivity index (χ1v) is 11.3. The number of carboxylic acid groups (broad SMARTS) is 1. The van der Waals surface area contributed by atoms with Gasteiger partial charge in [-0.2, -0.15) is 0 Å². The van der Waals surface area contributed by atoms with E-state index in [0.717, 1.165) is 34.4 Å². The van der Waals surface area contributed by atoms with Crippen LogP contribution in [-0.4, -0.2) is 22.9 Å². The fraction of sp³-hybridized carbons (Fsp3) is 0.375. The van der Waals surface area contributed by atoms with Gasteiger partial charge in [0.2, 0.25) is 5.91 Å². The number of anilines is 1. The molecule has 0 unspecified atom stereocenters. The number of thiophene rings is 1. The Morgan fingerprint density at radius 2 is 1.74 bits per heavy atom. The van der Waals surface area contributed by atoms with Gasteiger partial charge in [0.15, 0.2) is 0 Å². The Morgan fingerprint density at radius 1 is 1.10 bits per heavy atom. The highest BCUT2D eigenvalue weighted by molar-refractivity contribution is 7.16. The number of rotatable bonds is 6. The van der Waals surface area contributed by atoms with Gasteiger partial charge in [-0.25, -0.2) is 0 Å². The summed E-state index contributed by atoms with van der Waals surface area (Å²) in [7, 11) is 0. The van der Waals surface area contributed by atoms with E-state index in [1.807, 2.05) is 44.2 Å². The number of carboxylic acids is 1. The average molecular weight is 439 g/mol. The van der Waals surface area contributed by atoms with Crippen LogP contribution in [0.1, 0.15) is 47.5 Å². The van der Waals surface area contributed by atoms with Crippen molar-refractivity contribution in [3.05, 3.63) is 63.5 Å². The highest BCUT2D eigenvalue weighted by Crippen LogP contribution is 2.57. The topological polar surface area (TPSA) is 109 Å². The summed E-state index contributed by atoms with van der Waals surface area (Å²) in [6.45, 7) is 3.97. The number of fused-ring (bicyclic) bond motifs is 2. The first-order valence-electron chi connectivity index (χ1n) is 10.4. The number of hydrogen-bond donors (Lipinski definition) is 3. The second-order valence-electron chi connectivity index (χ2n) is 8.61. The summed E-state index contributed by atoms with van der Waals surface area (Å²) in [6.07, 6.45) is 2.24. The lowest BCUT2D eigenvalue weighted by atomic mass is 9.79. The minimum Gasteiger partial charge on any atom is -0.481 e. The quantitative estimate of drug-likeness (QED) is 0.591. The first-order chi connectivity index (χ1) is 14.8. The van der Waals surface area contributed by atoms with Gasteiger partial charge >= 0.3 is 5.97 Å². The zero-order valence-corrected chi connectivity index (χ0v) is 18.4. The van der Waals surface area contributed by atoms with Crippen molar-refractivity contribution < 1.29 is 19.5 Å². The van der Waals surface area contributed by atoms with E-state index in [1.165, 1.54) is 11.3 Å². The number of benzene rings is 1. The molecule has 2 aliphatic rings. The van der Waals surface area contributed by atoms with Crippen LogP contribution in [0.15, 0.2) is 47.5 Å². The summed E-state index contributed by atoms with van der Waals surface area (Å²) >= 11 is 1.31. The van der Waals surface area contributed by atoms with Crippen LogP contribution in [-0.2, 0) is 16.0 Å². The zero-order chi connectivity index (χ0) is 22.3. The van der Waals surface area contributed by atoms with Gasteiger partial charge in [-0.3, -0.25) is 14.4 Å². The van der Waals surface area contributed by atoms with Crippen molar-refractivity contribution in [2.75, 3.05) is 5.32 Å². The Balaban J connectivity index is 1.61. The lowest BCUT2D eigenvalue weighted by Crippen LogP contribution is -2.38. The van der Waals surface area contributed by atoms with Gasteiger partial charge in [-0.1, -0.05) is 41.5 Å². The molecular weight excluding hydrogens is 412 g/mol. The van der Waals surface area contributed by atoms with Gasteiger partial charge in [-0.15, -0.1) is 11.3 Å². The van der Waals surface area contributed by atoms with E-state index in [-0.39, 0.29) is 23.3 Å². The predicted molar refractivity (Wildman–Crippen MR) is 120 cm³/mol. The van der Waals surface area contributed by atoms with Crippen LogP contribution in [0.3, 0.4) is 0 Å². The number of aliphatic carboxylic acids is 1. The number of nitrogens with one attached hydrogen (secondary N) is 1. The normalized spacial score (nSPS) is 24.3.